The standard InChI is InChI=1S/C25H29ClN2O5/c1-4-5-6-22-27-24(26)21(16-29)28(22)15-17-7-11-20(12-8-17)33-23(25(30)32-3)18-9-13-19(31-2)14-10-18/h7-14,23,29H,4-6,15-16H2,1-3H3. The molecule has 0 aliphatic heterocycles. The molecule has 0 spiro atoms. The van der Waals surface area contributed by atoms with E-state index in [4.69, 9.17) is 25.8 Å². The maximum Gasteiger partial charge on any atom is 0.351 e. The molecule has 3 rings (SSSR count). The summed E-state index contributed by atoms with van der Waals surface area (Å²) in [5, 5.41) is 10.1. The van der Waals surface area contributed by atoms with Crippen LogP contribution in [0, 0.1) is 0 Å². The van der Waals surface area contributed by atoms with Gasteiger partial charge in [-0.15, -0.1) is 0 Å². The van der Waals surface area contributed by atoms with Crippen molar-refractivity contribution < 1.29 is 24.1 Å². The number of halogens is 1. The van der Waals surface area contributed by atoms with Gasteiger partial charge in [0.25, 0.3) is 0 Å². The first-order chi connectivity index (χ1) is 16.0. The largest absolute Gasteiger partial charge is 0.497 e. The topological polar surface area (TPSA) is 82.8 Å². The minimum Gasteiger partial charge on any atom is -0.497 e. The zero-order valence-electron chi connectivity index (χ0n) is 19.1. The molecule has 0 fully saturated rings. The number of carbonyl (C=O) groups is 1. The minimum absolute atomic E-state index is 0.179. The second-order valence-corrected chi connectivity index (χ2v) is 7.91. The fraction of sp³-hybridized carbons (Fsp3) is 0.360. The van der Waals surface area contributed by atoms with Crippen LogP contribution in [0.15, 0.2) is 48.5 Å². The van der Waals surface area contributed by atoms with Crippen molar-refractivity contribution in [2.24, 2.45) is 0 Å². The molecule has 7 nitrogen and oxygen atoms in total. The highest BCUT2D eigenvalue weighted by atomic mass is 35.5. The Kier molecular flexibility index (Phi) is 8.74. The summed E-state index contributed by atoms with van der Waals surface area (Å²) in [6.07, 6.45) is 1.92. The first kappa shape index (κ1) is 24.6. The van der Waals surface area contributed by atoms with Gasteiger partial charge in [0.2, 0.25) is 6.10 Å². The third-order valence-corrected chi connectivity index (χ3v) is 5.66. The lowest BCUT2D eigenvalue weighted by molar-refractivity contribution is -0.149. The number of aliphatic hydroxyl groups is 1. The molecule has 1 unspecified atom stereocenters. The third kappa shape index (κ3) is 6.06. The molecule has 1 aromatic heterocycles. The fourth-order valence-corrected chi connectivity index (χ4v) is 3.76. The number of esters is 1. The third-order valence-electron chi connectivity index (χ3n) is 5.36. The van der Waals surface area contributed by atoms with Crippen molar-refractivity contribution in [2.75, 3.05) is 14.2 Å². The van der Waals surface area contributed by atoms with Crippen molar-refractivity contribution in [1.29, 1.82) is 0 Å². The van der Waals surface area contributed by atoms with Gasteiger partial charge in [0.1, 0.15) is 17.3 Å². The van der Waals surface area contributed by atoms with E-state index < -0.39 is 12.1 Å². The Bertz CT molecular complexity index is 1050. The van der Waals surface area contributed by atoms with Crippen LogP contribution >= 0.6 is 11.6 Å². The molecule has 33 heavy (non-hydrogen) atoms. The van der Waals surface area contributed by atoms with Gasteiger partial charge in [-0.05, 0) is 36.2 Å². The van der Waals surface area contributed by atoms with Gasteiger partial charge in [-0.1, -0.05) is 49.2 Å². The second-order valence-electron chi connectivity index (χ2n) is 7.55. The highest BCUT2D eigenvalue weighted by molar-refractivity contribution is 6.30. The predicted octanol–water partition coefficient (Wildman–Crippen LogP) is 4.72. The van der Waals surface area contributed by atoms with Crippen LogP contribution in [-0.2, 0) is 29.1 Å². The van der Waals surface area contributed by atoms with E-state index in [1.807, 2.05) is 16.7 Å². The number of aryl methyl sites for hydroxylation is 1. The van der Waals surface area contributed by atoms with E-state index in [-0.39, 0.29) is 6.61 Å². The van der Waals surface area contributed by atoms with Crippen molar-refractivity contribution in [3.63, 3.8) is 0 Å². The number of hydrogen-bond acceptors (Lipinski definition) is 6. The Morgan fingerprint density at radius 1 is 1.09 bits per heavy atom. The van der Waals surface area contributed by atoms with Crippen molar-refractivity contribution in [1.82, 2.24) is 9.55 Å². The first-order valence-corrected chi connectivity index (χ1v) is 11.2. The lowest BCUT2D eigenvalue weighted by Gasteiger charge is -2.18. The number of hydrogen-bond donors (Lipinski definition) is 1. The van der Waals surface area contributed by atoms with Crippen molar-refractivity contribution in [2.45, 2.75) is 45.4 Å². The molecule has 2 aromatic carbocycles. The highest BCUT2D eigenvalue weighted by Crippen LogP contribution is 2.26. The normalized spacial score (nSPS) is 11.8. The number of rotatable bonds is 11. The monoisotopic (exact) mass is 472 g/mol. The lowest BCUT2D eigenvalue weighted by atomic mass is 10.1. The molecule has 8 heteroatoms. The van der Waals surface area contributed by atoms with Gasteiger partial charge in [-0.2, -0.15) is 0 Å². The maximum atomic E-state index is 12.4. The van der Waals surface area contributed by atoms with Gasteiger partial charge in [0.05, 0.1) is 26.5 Å². The number of benzene rings is 2. The molecule has 0 amide bonds. The Labute approximate surface area is 198 Å². The molecule has 1 heterocycles. The van der Waals surface area contributed by atoms with Crippen LogP contribution in [0.3, 0.4) is 0 Å². The molecule has 0 aliphatic rings. The smallest absolute Gasteiger partial charge is 0.351 e. The van der Waals surface area contributed by atoms with Crippen molar-refractivity contribution >= 4 is 17.6 Å². The number of carbonyl (C=O) groups excluding carboxylic acids is 1. The molecule has 0 radical (unpaired) electrons. The molecule has 0 bridgehead atoms. The SMILES string of the molecule is CCCCc1nc(Cl)c(CO)n1Cc1ccc(OC(C(=O)OC)c2ccc(OC)cc2)cc1. The van der Waals surface area contributed by atoms with Crippen LogP contribution in [0.1, 0.15) is 48.5 Å². The Balaban J connectivity index is 1.78. The number of nitrogens with zero attached hydrogens (tertiary/aromatic N) is 2. The average molecular weight is 473 g/mol. The molecule has 1 atom stereocenters. The minimum atomic E-state index is -0.902. The van der Waals surface area contributed by atoms with Gasteiger partial charge < -0.3 is 23.9 Å². The van der Waals surface area contributed by atoms with Gasteiger partial charge in [-0.3, -0.25) is 0 Å². The zero-order valence-corrected chi connectivity index (χ0v) is 19.8. The zero-order chi connectivity index (χ0) is 23.8. The van der Waals surface area contributed by atoms with Crippen molar-refractivity contribution in [3.05, 3.63) is 76.3 Å². The Morgan fingerprint density at radius 2 is 1.76 bits per heavy atom. The number of aromatic nitrogens is 2. The molecule has 1 N–H and O–H groups in total. The number of unbranched alkanes of at least 4 members (excludes halogenated alkanes) is 1. The quantitative estimate of drug-likeness (QED) is 0.406. The average Bonchev–Trinajstić information content (AvgIpc) is 3.15. The summed E-state index contributed by atoms with van der Waals surface area (Å²) in [5.74, 6) is 1.58. The maximum absolute atomic E-state index is 12.4. The molecular formula is C25H29ClN2O5. The molecule has 3 aromatic rings. The van der Waals surface area contributed by atoms with Crippen LogP contribution < -0.4 is 9.47 Å². The highest BCUT2D eigenvalue weighted by Gasteiger charge is 2.24. The van der Waals surface area contributed by atoms with Crippen LogP contribution in [-0.4, -0.2) is 34.8 Å². The lowest BCUT2D eigenvalue weighted by Crippen LogP contribution is -2.20. The second kappa shape index (κ2) is 11.7. The first-order valence-electron chi connectivity index (χ1n) is 10.8. The summed E-state index contributed by atoms with van der Waals surface area (Å²) in [6.45, 7) is 2.46. The summed E-state index contributed by atoms with van der Waals surface area (Å²) in [4.78, 5) is 16.8. The van der Waals surface area contributed by atoms with E-state index in [0.717, 1.165) is 30.7 Å². The van der Waals surface area contributed by atoms with E-state index >= 15 is 0 Å². The molecule has 176 valence electrons. The molecule has 0 saturated carbocycles. The van der Waals surface area contributed by atoms with E-state index in [9.17, 15) is 9.90 Å². The summed E-state index contributed by atoms with van der Waals surface area (Å²) in [6, 6.07) is 14.5. The Morgan fingerprint density at radius 3 is 2.33 bits per heavy atom. The van der Waals surface area contributed by atoms with E-state index in [1.54, 1.807) is 43.5 Å². The molecule has 0 saturated heterocycles. The summed E-state index contributed by atoms with van der Waals surface area (Å²) < 4.78 is 18.0. The predicted molar refractivity (Wildman–Crippen MR) is 126 cm³/mol. The van der Waals surface area contributed by atoms with Crippen LogP contribution in [0.5, 0.6) is 11.5 Å². The fourth-order valence-electron chi connectivity index (χ4n) is 3.50. The number of ether oxygens (including phenoxy) is 3. The van der Waals surface area contributed by atoms with Crippen molar-refractivity contribution in [3.8, 4) is 11.5 Å². The van der Waals surface area contributed by atoms with Crippen LogP contribution in [0.2, 0.25) is 5.15 Å². The van der Waals surface area contributed by atoms with E-state index in [1.165, 1.54) is 7.11 Å². The molecular weight excluding hydrogens is 444 g/mol. The van der Waals surface area contributed by atoms with Gasteiger partial charge >= 0.3 is 5.97 Å². The van der Waals surface area contributed by atoms with E-state index in [0.29, 0.717) is 34.5 Å². The molecule has 0 aliphatic carbocycles. The van der Waals surface area contributed by atoms with Gasteiger partial charge in [0.15, 0.2) is 5.15 Å². The van der Waals surface area contributed by atoms with Gasteiger partial charge in [-0.25, -0.2) is 9.78 Å². The van der Waals surface area contributed by atoms with Crippen LogP contribution in [0.25, 0.3) is 0 Å². The Hall–Kier alpha value is -3.03. The van der Waals surface area contributed by atoms with Crippen LogP contribution in [0.4, 0.5) is 0 Å². The number of imidazole rings is 1. The van der Waals surface area contributed by atoms with Gasteiger partial charge in [0, 0.05) is 18.5 Å². The summed E-state index contributed by atoms with van der Waals surface area (Å²) in [7, 11) is 2.91. The number of aliphatic hydroxyl groups excluding tert-OH is 1. The summed E-state index contributed by atoms with van der Waals surface area (Å²) in [5.41, 5.74) is 2.25. The number of methoxy groups -OCH3 is 2. The summed E-state index contributed by atoms with van der Waals surface area (Å²) >= 11 is 6.23. The van der Waals surface area contributed by atoms with E-state index in [2.05, 4.69) is 11.9 Å².